The van der Waals surface area contributed by atoms with Crippen molar-refractivity contribution >= 4 is 27.3 Å². The van der Waals surface area contributed by atoms with Crippen molar-refractivity contribution in [2.75, 3.05) is 7.11 Å². The summed E-state index contributed by atoms with van der Waals surface area (Å²) in [5, 5.41) is 0. The van der Waals surface area contributed by atoms with Crippen molar-refractivity contribution in [2.24, 2.45) is 5.73 Å². The maximum absolute atomic E-state index is 6.27. The van der Waals surface area contributed by atoms with Gasteiger partial charge in [0.25, 0.3) is 0 Å². The lowest BCUT2D eigenvalue weighted by atomic mass is 10.0. The first kappa shape index (κ1) is 12.6. The first-order chi connectivity index (χ1) is 8.11. The van der Waals surface area contributed by atoms with Gasteiger partial charge in [0.1, 0.15) is 5.75 Å². The Morgan fingerprint density at radius 2 is 2.06 bits per heavy atom. The number of thiophene rings is 1. The molecule has 0 aliphatic heterocycles. The zero-order valence-electron chi connectivity index (χ0n) is 9.74. The van der Waals surface area contributed by atoms with E-state index in [2.05, 4.69) is 28.9 Å². The summed E-state index contributed by atoms with van der Waals surface area (Å²) in [5.41, 5.74) is 8.56. The number of ether oxygens (including phenoxy) is 1. The summed E-state index contributed by atoms with van der Waals surface area (Å²) in [7, 11) is 1.67. The zero-order chi connectivity index (χ0) is 12.4. The Bertz CT molecular complexity index is 524. The van der Waals surface area contributed by atoms with Gasteiger partial charge in [0.15, 0.2) is 0 Å². The second-order valence-electron chi connectivity index (χ2n) is 3.84. The van der Waals surface area contributed by atoms with Gasteiger partial charge in [-0.15, -0.1) is 11.3 Å². The highest BCUT2D eigenvalue weighted by molar-refractivity contribution is 9.11. The molecule has 2 rings (SSSR count). The Hall–Kier alpha value is -0.840. The molecule has 0 saturated carbocycles. The van der Waals surface area contributed by atoms with Crippen LogP contribution in [0, 0.1) is 6.92 Å². The van der Waals surface area contributed by atoms with Crippen molar-refractivity contribution in [2.45, 2.75) is 13.0 Å². The van der Waals surface area contributed by atoms with E-state index in [0.29, 0.717) is 0 Å². The molecule has 0 aliphatic rings. The Balaban J connectivity index is 2.34. The van der Waals surface area contributed by atoms with Gasteiger partial charge in [-0.05, 0) is 58.2 Å². The predicted octanol–water partition coefficient (Wildman–Crippen LogP) is 3.88. The van der Waals surface area contributed by atoms with Crippen molar-refractivity contribution in [3.63, 3.8) is 0 Å². The highest BCUT2D eigenvalue weighted by atomic mass is 79.9. The highest BCUT2D eigenvalue weighted by Crippen LogP contribution is 2.32. The molecule has 2 nitrogen and oxygen atoms in total. The van der Waals surface area contributed by atoms with E-state index in [9.17, 15) is 0 Å². The molecule has 1 aromatic heterocycles. The van der Waals surface area contributed by atoms with Crippen LogP contribution in [0.3, 0.4) is 0 Å². The van der Waals surface area contributed by atoms with Crippen LogP contribution < -0.4 is 10.5 Å². The summed E-state index contributed by atoms with van der Waals surface area (Å²) in [4.78, 5) is 1.16. The fourth-order valence-corrected chi connectivity index (χ4v) is 3.22. The minimum atomic E-state index is -0.0720. The summed E-state index contributed by atoms with van der Waals surface area (Å²) in [6.45, 7) is 2.06. The van der Waals surface area contributed by atoms with E-state index >= 15 is 0 Å². The van der Waals surface area contributed by atoms with Crippen LogP contribution in [0.2, 0.25) is 0 Å². The van der Waals surface area contributed by atoms with Gasteiger partial charge in [-0.2, -0.15) is 0 Å². The number of hydrogen-bond acceptors (Lipinski definition) is 3. The van der Waals surface area contributed by atoms with Gasteiger partial charge in [-0.25, -0.2) is 0 Å². The topological polar surface area (TPSA) is 35.2 Å². The van der Waals surface area contributed by atoms with Crippen molar-refractivity contribution < 1.29 is 4.74 Å². The largest absolute Gasteiger partial charge is 0.497 e. The van der Waals surface area contributed by atoms with E-state index < -0.39 is 0 Å². The average molecular weight is 312 g/mol. The van der Waals surface area contributed by atoms with Crippen molar-refractivity contribution in [3.8, 4) is 5.75 Å². The first-order valence-corrected chi connectivity index (χ1v) is 6.88. The lowest BCUT2D eigenvalue weighted by molar-refractivity contribution is 0.414. The van der Waals surface area contributed by atoms with Crippen LogP contribution in [0.1, 0.15) is 22.0 Å². The Morgan fingerprint density at radius 3 is 2.59 bits per heavy atom. The molecule has 2 aromatic rings. The van der Waals surface area contributed by atoms with Gasteiger partial charge in [0, 0.05) is 4.88 Å². The zero-order valence-corrected chi connectivity index (χ0v) is 12.1. The number of aryl methyl sites for hydroxylation is 1. The molecule has 4 heteroatoms. The normalized spacial score (nSPS) is 12.5. The number of rotatable bonds is 3. The molecule has 0 fully saturated rings. The monoisotopic (exact) mass is 311 g/mol. The highest BCUT2D eigenvalue weighted by Gasteiger charge is 2.13. The molecule has 0 aliphatic carbocycles. The minimum absolute atomic E-state index is 0.0720. The number of halogens is 1. The molecule has 0 saturated heterocycles. The molecule has 0 radical (unpaired) electrons. The molecule has 0 spiro atoms. The average Bonchev–Trinajstić information content (AvgIpc) is 2.75. The third kappa shape index (κ3) is 2.70. The van der Waals surface area contributed by atoms with Crippen LogP contribution >= 0.6 is 27.3 Å². The van der Waals surface area contributed by atoms with Gasteiger partial charge in [0.05, 0.1) is 16.9 Å². The Labute approximate surface area is 114 Å². The predicted molar refractivity (Wildman–Crippen MR) is 75.8 cm³/mol. The number of nitrogens with two attached hydrogens (primary N) is 1. The standard InChI is InChI=1S/C13H14BrNOS/c1-8-7-9(16-2)3-4-10(8)13(15)11-5-6-12(14)17-11/h3-7,13H,15H2,1-2H3. The van der Waals surface area contributed by atoms with Crippen molar-refractivity contribution in [1.82, 2.24) is 0 Å². The number of hydrogen-bond donors (Lipinski definition) is 1. The van der Waals surface area contributed by atoms with Crippen LogP contribution in [0.15, 0.2) is 34.1 Å². The third-order valence-corrected chi connectivity index (χ3v) is 4.42. The quantitative estimate of drug-likeness (QED) is 0.933. The lowest BCUT2D eigenvalue weighted by Crippen LogP contribution is -2.11. The van der Waals surface area contributed by atoms with E-state index in [1.54, 1.807) is 18.4 Å². The lowest BCUT2D eigenvalue weighted by Gasteiger charge is -2.14. The van der Waals surface area contributed by atoms with E-state index in [-0.39, 0.29) is 6.04 Å². The molecule has 90 valence electrons. The number of benzene rings is 1. The summed E-state index contributed by atoms with van der Waals surface area (Å²) < 4.78 is 6.30. The van der Waals surface area contributed by atoms with E-state index in [1.165, 1.54) is 0 Å². The smallest absolute Gasteiger partial charge is 0.119 e. The van der Waals surface area contributed by atoms with Crippen molar-refractivity contribution in [1.29, 1.82) is 0 Å². The summed E-state index contributed by atoms with van der Waals surface area (Å²) in [6.07, 6.45) is 0. The fourth-order valence-electron chi connectivity index (χ4n) is 1.77. The van der Waals surface area contributed by atoms with Gasteiger partial charge >= 0.3 is 0 Å². The molecule has 1 aromatic carbocycles. The van der Waals surface area contributed by atoms with Gasteiger partial charge < -0.3 is 10.5 Å². The molecule has 17 heavy (non-hydrogen) atoms. The Morgan fingerprint density at radius 1 is 1.29 bits per heavy atom. The molecule has 1 heterocycles. The van der Waals surface area contributed by atoms with Gasteiger partial charge in [-0.1, -0.05) is 6.07 Å². The fraction of sp³-hybridized carbons (Fsp3) is 0.231. The maximum Gasteiger partial charge on any atom is 0.119 e. The van der Waals surface area contributed by atoms with E-state index in [1.807, 2.05) is 24.3 Å². The van der Waals surface area contributed by atoms with E-state index in [0.717, 1.165) is 25.5 Å². The van der Waals surface area contributed by atoms with Gasteiger partial charge in [0.2, 0.25) is 0 Å². The second kappa shape index (κ2) is 5.21. The molecule has 0 amide bonds. The van der Waals surface area contributed by atoms with Crippen LogP contribution in [0.5, 0.6) is 5.75 Å². The summed E-state index contributed by atoms with van der Waals surface area (Å²) >= 11 is 5.13. The summed E-state index contributed by atoms with van der Waals surface area (Å²) in [5.74, 6) is 0.866. The maximum atomic E-state index is 6.27. The SMILES string of the molecule is COc1ccc(C(N)c2ccc(Br)s2)c(C)c1. The molecule has 0 bridgehead atoms. The van der Waals surface area contributed by atoms with Crippen LogP contribution in [-0.4, -0.2) is 7.11 Å². The van der Waals surface area contributed by atoms with Gasteiger partial charge in [-0.3, -0.25) is 0 Å². The second-order valence-corrected chi connectivity index (χ2v) is 6.34. The molecular formula is C13H14BrNOS. The Kier molecular flexibility index (Phi) is 3.86. The molecule has 2 N–H and O–H groups in total. The van der Waals surface area contributed by atoms with E-state index in [4.69, 9.17) is 10.5 Å². The minimum Gasteiger partial charge on any atom is -0.497 e. The van der Waals surface area contributed by atoms with Crippen LogP contribution in [0.25, 0.3) is 0 Å². The summed E-state index contributed by atoms with van der Waals surface area (Å²) in [6, 6.07) is 10.0. The molecule has 1 atom stereocenters. The van der Waals surface area contributed by atoms with Crippen molar-refractivity contribution in [3.05, 3.63) is 50.1 Å². The molecular weight excluding hydrogens is 298 g/mol. The van der Waals surface area contributed by atoms with Crippen LogP contribution in [0.4, 0.5) is 0 Å². The molecule has 1 unspecified atom stereocenters. The number of methoxy groups -OCH3 is 1. The third-order valence-electron chi connectivity index (χ3n) is 2.71. The van der Waals surface area contributed by atoms with Crippen LogP contribution in [-0.2, 0) is 0 Å². The first-order valence-electron chi connectivity index (χ1n) is 5.27.